The fraction of sp³-hybridized carbons (Fsp3) is 0.500. The van der Waals surface area contributed by atoms with Crippen LogP contribution in [0, 0.1) is 19.8 Å². The molecular weight excluding hydrogens is 350 g/mol. The Balaban J connectivity index is 1.78. The van der Waals surface area contributed by atoms with Gasteiger partial charge in [0.05, 0.1) is 4.90 Å². The second-order valence-electron chi connectivity index (χ2n) is 6.21. The van der Waals surface area contributed by atoms with Crippen molar-refractivity contribution in [3.05, 3.63) is 40.5 Å². The van der Waals surface area contributed by atoms with E-state index in [0.29, 0.717) is 46.7 Å². The van der Waals surface area contributed by atoms with Gasteiger partial charge in [-0.3, -0.25) is 0 Å². The van der Waals surface area contributed by atoms with Crippen LogP contribution in [0.15, 0.2) is 27.6 Å². The fourth-order valence-corrected chi connectivity index (χ4v) is 5.12. The molecule has 3 rings (SSSR count). The molecule has 0 radical (unpaired) electrons. The maximum Gasteiger partial charge on any atom is 0.243 e. The minimum Gasteiger partial charge on any atom is -0.340 e. The zero-order chi connectivity index (χ0) is 17.3. The van der Waals surface area contributed by atoms with Gasteiger partial charge in [-0.05, 0) is 49.4 Å². The molecule has 24 heavy (non-hydrogen) atoms. The summed E-state index contributed by atoms with van der Waals surface area (Å²) in [6.07, 6.45) is 2.41. The molecule has 0 spiro atoms. The van der Waals surface area contributed by atoms with E-state index in [1.165, 1.54) is 0 Å². The van der Waals surface area contributed by atoms with E-state index >= 15 is 0 Å². The molecule has 1 aliphatic rings. The predicted octanol–water partition coefficient (Wildman–Crippen LogP) is 2.98. The summed E-state index contributed by atoms with van der Waals surface area (Å²) in [6, 6.07) is 4.88. The van der Waals surface area contributed by atoms with E-state index in [0.717, 1.165) is 12.8 Å². The summed E-state index contributed by atoms with van der Waals surface area (Å²) >= 11 is 5.94. The molecule has 0 bridgehead atoms. The van der Waals surface area contributed by atoms with E-state index in [9.17, 15) is 8.42 Å². The highest BCUT2D eigenvalue weighted by molar-refractivity contribution is 7.89. The molecule has 8 heteroatoms. The standard InChI is InChI=1S/C16H20ClN3O3S/c1-11-8-14(17)5-6-15(11)24(21,22)20-7-3-4-13(10-20)9-16-18-12(2)23-19-16/h5-6,8,13H,3-4,7,9-10H2,1-2H3. The lowest BCUT2D eigenvalue weighted by atomic mass is 9.96. The molecular formula is C16H20ClN3O3S. The lowest BCUT2D eigenvalue weighted by Gasteiger charge is -2.31. The molecule has 1 fully saturated rings. The van der Waals surface area contributed by atoms with Crippen molar-refractivity contribution in [2.75, 3.05) is 13.1 Å². The van der Waals surface area contributed by atoms with Crippen LogP contribution in [0.1, 0.15) is 30.1 Å². The fourth-order valence-electron chi connectivity index (χ4n) is 3.14. The van der Waals surface area contributed by atoms with Gasteiger partial charge in [0.1, 0.15) is 0 Å². The van der Waals surface area contributed by atoms with Gasteiger partial charge in [0, 0.05) is 31.5 Å². The van der Waals surface area contributed by atoms with Crippen molar-refractivity contribution in [2.45, 2.75) is 38.0 Å². The normalized spacial score (nSPS) is 19.5. The number of hydrogen-bond donors (Lipinski definition) is 0. The average molecular weight is 370 g/mol. The van der Waals surface area contributed by atoms with Gasteiger partial charge in [0.15, 0.2) is 5.82 Å². The Hall–Kier alpha value is -1.44. The highest BCUT2D eigenvalue weighted by Gasteiger charge is 2.31. The van der Waals surface area contributed by atoms with E-state index in [1.807, 2.05) is 0 Å². The van der Waals surface area contributed by atoms with Crippen LogP contribution in [-0.4, -0.2) is 36.0 Å². The maximum absolute atomic E-state index is 13.0. The van der Waals surface area contributed by atoms with E-state index in [-0.39, 0.29) is 5.92 Å². The molecule has 1 aromatic carbocycles. The van der Waals surface area contributed by atoms with Crippen molar-refractivity contribution in [3.8, 4) is 0 Å². The van der Waals surface area contributed by atoms with Crippen molar-refractivity contribution in [1.82, 2.24) is 14.4 Å². The molecule has 1 saturated heterocycles. The topological polar surface area (TPSA) is 76.3 Å². The van der Waals surface area contributed by atoms with Gasteiger partial charge in [-0.1, -0.05) is 16.8 Å². The molecule has 2 heterocycles. The monoisotopic (exact) mass is 369 g/mol. The Morgan fingerprint density at radius 1 is 1.38 bits per heavy atom. The van der Waals surface area contributed by atoms with Gasteiger partial charge < -0.3 is 4.52 Å². The largest absolute Gasteiger partial charge is 0.340 e. The van der Waals surface area contributed by atoms with Crippen LogP contribution < -0.4 is 0 Å². The minimum absolute atomic E-state index is 0.193. The lowest BCUT2D eigenvalue weighted by molar-refractivity contribution is 0.261. The first kappa shape index (κ1) is 17.4. The third-order valence-electron chi connectivity index (χ3n) is 4.28. The molecule has 1 aromatic heterocycles. The highest BCUT2D eigenvalue weighted by atomic mass is 35.5. The predicted molar refractivity (Wildman–Crippen MR) is 90.4 cm³/mol. The van der Waals surface area contributed by atoms with E-state index < -0.39 is 10.0 Å². The number of rotatable bonds is 4. The van der Waals surface area contributed by atoms with Crippen LogP contribution in [0.2, 0.25) is 5.02 Å². The maximum atomic E-state index is 13.0. The molecule has 1 unspecified atom stereocenters. The summed E-state index contributed by atoms with van der Waals surface area (Å²) in [4.78, 5) is 4.54. The van der Waals surface area contributed by atoms with Gasteiger partial charge in [-0.15, -0.1) is 0 Å². The molecule has 0 saturated carbocycles. The van der Waals surface area contributed by atoms with E-state index in [4.69, 9.17) is 16.1 Å². The van der Waals surface area contributed by atoms with Gasteiger partial charge in [-0.25, -0.2) is 8.42 Å². The summed E-state index contributed by atoms with van der Waals surface area (Å²) in [5.74, 6) is 1.36. The molecule has 1 aliphatic heterocycles. The Bertz CT molecular complexity index is 835. The number of hydrogen-bond acceptors (Lipinski definition) is 5. The summed E-state index contributed by atoms with van der Waals surface area (Å²) in [5.41, 5.74) is 0.665. The molecule has 0 N–H and O–H groups in total. The second kappa shape index (κ2) is 6.82. The zero-order valence-electron chi connectivity index (χ0n) is 13.7. The van der Waals surface area contributed by atoms with Crippen molar-refractivity contribution >= 4 is 21.6 Å². The van der Waals surface area contributed by atoms with Crippen LogP contribution in [0.3, 0.4) is 0 Å². The number of sulfonamides is 1. The number of benzene rings is 1. The van der Waals surface area contributed by atoms with Crippen LogP contribution in [0.4, 0.5) is 0 Å². The molecule has 2 aromatic rings. The Morgan fingerprint density at radius 3 is 2.83 bits per heavy atom. The average Bonchev–Trinajstić information content (AvgIpc) is 2.92. The summed E-state index contributed by atoms with van der Waals surface area (Å²) in [7, 11) is -3.52. The van der Waals surface area contributed by atoms with Crippen molar-refractivity contribution in [3.63, 3.8) is 0 Å². The highest BCUT2D eigenvalue weighted by Crippen LogP contribution is 2.28. The zero-order valence-corrected chi connectivity index (χ0v) is 15.3. The summed E-state index contributed by atoms with van der Waals surface area (Å²) in [5, 5.41) is 4.45. The molecule has 1 atom stereocenters. The second-order valence-corrected chi connectivity index (χ2v) is 8.56. The van der Waals surface area contributed by atoms with Crippen LogP contribution in [0.25, 0.3) is 0 Å². The first-order valence-corrected chi connectivity index (χ1v) is 9.73. The first-order valence-electron chi connectivity index (χ1n) is 7.92. The van der Waals surface area contributed by atoms with Crippen LogP contribution in [0.5, 0.6) is 0 Å². The lowest BCUT2D eigenvalue weighted by Crippen LogP contribution is -2.40. The smallest absolute Gasteiger partial charge is 0.243 e. The third-order valence-corrected chi connectivity index (χ3v) is 6.54. The Kier molecular flexibility index (Phi) is 4.94. The van der Waals surface area contributed by atoms with E-state index in [2.05, 4.69) is 10.1 Å². The summed E-state index contributed by atoms with van der Waals surface area (Å²) < 4.78 is 32.5. The number of aromatic nitrogens is 2. The van der Waals surface area contributed by atoms with Crippen LogP contribution in [-0.2, 0) is 16.4 Å². The van der Waals surface area contributed by atoms with Crippen LogP contribution >= 0.6 is 11.6 Å². The van der Waals surface area contributed by atoms with Crippen molar-refractivity contribution in [1.29, 1.82) is 0 Å². The number of nitrogens with zero attached hydrogens (tertiary/aromatic N) is 3. The molecule has 6 nitrogen and oxygen atoms in total. The number of halogens is 1. The van der Waals surface area contributed by atoms with Gasteiger partial charge in [-0.2, -0.15) is 9.29 Å². The molecule has 0 amide bonds. The molecule has 130 valence electrons. The number of piperidine rings is 1. The van der Waals surface area contributed by atoms with Gasteiger partial charge in [0.2, 0.25) is 15.9 Å². The van der Waals surface area contributed by atoms with Crippen molar-refractivity contribution < 1.29 is 12.9 Å². The van der Waals surface area contributed by atoms with Gasteiger partial charge >= 0.3 is 0 Å². The Morgan fingerprint density at radius 2 is 2.17 bits per heavy atom. The minimum atomic E-state index is -3.52. The third kappa shape index (κ3) is 3.63. The van der Waals surface area contributed by atoms with E-state index in [1.54, 1.807) is 36.4 Å². The Labute approximate surface area is 146 Å². The SMILES string of the molecule is Cc1nc(CC2CCCN(S(=O)(=O)c3ccc(Cl)cc3C)C2)no1. The summed E-state index contributed by atoms with van der Waals surface area (Å²) in [6.45, 7) is 4.52. The van der Waals surface area contributed by atoms with Crippen molar-refractivity contribution in [2.24, 2.45) is 5.92 Å². The molecule has 0 aliphatic carbocycles. The number of aryl methyl sites for hydroxylation is 2. The quantitative estimate of drug-likeness (QED) is 0.828. The van der Waals surface area contributed by atoms with Gasteiger partial charge in [0.25, 0.3) is 0 Å². The first-order chi connectivity index (χ1) is 11.4.